The molecule has 1 aromatic rings. The lowest BCUT2D eigenvalue weighted by molar-refractivity contribution is -0.0877. The Labute approximate surface area is 129 Å². The van der Waals surface area contributed by atoms with Crippen LogP contribution in [0.1, 0.15) is 18.9 Å². The van der Waals surface area contributed by atoms with Gasteiger partial charge in [-0.05, 0) is 53.3 Å². The zero-order valence-corrected chi connectivity index (χ0v) is 13.5. The van der Waals surface area contributed by atoms with E-state index in [2.05, 4.69) is 58.7 Å². The topological polar surface area (TPSA) is 32.7 Å². The number of aliphatic hydroxyl groups excluding tert-OH is 1. The molecule has 1 aliphatic rings. The first kappa shape index (κ1) is 15.2. The van der Waals surface area contributed by atoms with Crippen LogP contribution in [0.15, 0.2) is 24.3 Å². The predicted molar refractivity (Wildman–Crippen MR) is 85.3 cm³/mol. The molecule has 1 aromatic carbocycles. The molecular formula is C15H22INO2. The fourth-order valence-electron chi connectivity index (χ4n) is 2.48. The molecule has 0 saturated carbocycles. The molecule has 0 aliphatic carbocycles. The van der Waals surface area contributed by atoms with E-state index in [1.165, 1.54) is 9.13 Å². The average molecular weight is 375 g/mol. The van der Waals surface area contributed by atoms with Gasteiger partial charge >= 0.3 is 0 Å². The van der Waals surface area contributed by atoms with Gasteiger partial charge < -0.3 is 9.84 Å². The van der Waals surface area contributed by atoms with Gasteiger partial charge in [0.25, 0.3) is 0 Å². The SMILES string of the molecule is CCCN1CCOC(C(O)Cc2ccc(I)cc2)C1. The van der Waals surface area contributed by atoms with Gasteiger partial charge in [-0.15, -0.1) is 0 Å². The Hall–Kier alpha value is -0.170. The van der Waals surface area contributed by atoms with E-state index in [4.69, 9.17) is 4.74 Å². The molecule has 0 aromatic heterocycles. The van der Waals surface area contributed by atoms with E-state index >= 15 is 0 Å². The molecule has 1 heterocycles. The lowest BCUT2D eigenvalue weighted by Crippen LogP contribution is -2.48. The molecule has 2 atom stereocenters. The van der Waals surface area contributed by atoms with Gasteiger partial charge in [0.1, 0.15) is 0 Å². The maximum Gasteiger partial charge on any atom is 0.0964 e. The zero-order chi connectivity index (χ0) is 13.7. The zero-order valence-electron chi connectivity index (χ0n) is 11.4. The summed E-state index contributed by atoms with van der Waals surface area (Å²) in [4.78, 5) is 2.38. The van der Waals surface area contributed by atoms with Crippen molar-refractivity contribution in [3.63, 3.8) is 0 Å². The van der Waals surface area contributed by atoms with Crippen molar-refractivity contribution in [1.82, 2.24) is 4.90 Å². The molecule has 1 aliphatic heterocycles. The van der Waals surface area contributed by atoms with Gasteiger partial charge in [0.05, 0.1) is 18.8 Å². The van der Waals surface area contributed by atoms with Crippen LogP contribution in [0.3, 0.4) is 0 Å². The highest BCUT2D eigenvalue weighted by Crippen LogP contribution is 2.15. The second kappa shape index (κ2) is 7.57. The first-order valence-electron chi connectivity index (χ1n) is 6.95. The van der Waals surface area contributed by atoms with Crippen molar-refractivity contribution in [3.8, 4) is 0 Å². The maximum absolute atomic E-state index is 10.3. The third-order valence-electron chi connectivity index (χ3n) is 3.50. The molecule has 19 heavy (non-hydrogen) atoms. The van der Waals surface area contributed by atoms with Crippen LogP contribution in [0.25, 0.3) is 0 Å². The van der Waals surface area contributed by atoms with E-state index < -0.39 is 6.10 Å². The first-order chi connectivity index (χ1) is 9.19. The monoisotopic (exact) mass is 375 g/mol. The van der Waals surface area contributed by atoms with Crippen LogP contribution in [-0.2, 0) is 11.2 Å². The summed E-state index contributed by atoms with van der Waals surface area (Å²) in [5, 5.41) is 10.3. The van der Waals surface area contributed by atoms with Crippen LogP contribution >= 0.6 is 22.6 Å². The van der Waals surface area contributed by atoms with Crippen molar-refractivity contribution < 1.29 is 9.84 Å². The Morgan fingerprint density at radius 2 is 2.16 bits per heavy atom. The van der Waals surface area contributed by atoms with Gasteiger partial charge in [-0.3, -0.25) is 4.90 Å². The molecular weight excluding hydrogens is 353 g/mol. The second-order valence-electron chi connectivity index (χ2n) is 5.11. The minimum atomic E-state index is -0.417. The molecule has 1 saturated heterocycles. The van der Waals surface area contributed by atoms with Gasteiger partial charge in [0, 0.05) is 23.1 Å². The van der Waals surface area contributed by atoms with Crippen LogP contribution in [0, 0.1) is 3.57 Å². The Morgan fingerprint density at radius 3 is 2.84 bits per heavy atom. The summed E-state index contributed by atoms with van der Waals surface area (Å²) >= 11 is 2.29. The number of halogens is 1. The normalized spacial score (nSPS) is 22.4. The summed E-state index contributed by atoms with van der Waals surface area (Å²) in [6.45, 7) is 5.84. The van der Waals surface area contributed by atoms with Crippen LogP contribution in [0.5, 0.6) is 0 Å². The molecule has 2 unspecified atom stereocenters. The van der Waals surface area contributed by atoms with Crippen molar-refractivity contribution in [3.05, 3.63) is 33.4 Å². The lowest BCUT2D eigenvalue weighted by atomic mass is 10.0. The molecule has 2 rings (SSSR count). The number of benzene rings is 1. The van der Waals surface area contributed by atoms with E-state index in [1.54, 1.807) is 0 Å². The number of hydrogen-bond acceptors (Lipinski definition) is 3. The summed E-state index contributed by atoms with van der Waals surface area (Å²) in [5.41, 5.74) is 1.17. The van der Waals surface area contributed by atoms with Crippen LogP contribution in [0.4, 0.5) is 0 Å². The molecule has 1 fully saturated rings. The molecule has 0 amide bonds. The Kier molecular flexibility index (Phi) is 6.06. The van der Waals surface area contributed by atoms with E-state index in [9.17, 15) is 5.11 Å². The smallest absolute Gasteiger partial charge is 0.0964 e. The molecule has 0 radical (unpaired) electrons. The summed E-state index contributed by atoms with van der Waals surface area (Å²) in [6, 6.07) is 8.32. The summed E-state index contributed by atoms with van der Waals surface area (Å²) in [6.07, 6.45) is 1.35. The fourth-order valence-corrected chi connectivity index (χ4v) is 2.84. The molecule has 0 bridgehead atoms. The Balaban J connectivity index is 1.88. The number of ether oxygens (including phenoxy) is 1. The number of morpholine rings is 1. The van der Waals surface area contributed by atoms with Gasteiger partial charge in [0.2, 0.25) is 0 Å². The number of nitrogens with zero attached hydrogens (tertiary/aromatic N) is 1. The van der Waals surface area contributed by atoms with Gasteiger partial charge in [0.15, 0.2) is 0 Å². The lowest BCUT2D eigenvalue weighted by Gasteiger charge is -2.35. The third-order valence-corrected chi connectivity index (χ3v) is 4.22. The van der Waals surface area contributed by atoms with Gasteiger partial charge in [-0.1, -0.05) is 19.1 Å². The van der Waals surface area contributed by atoms with E-state index in [0.29, 0.717) is 6.42 Å². The summed E-state index contributed by atoms with van der Waals surface area (Å²) in [5.74, 6) is 0. The highest BCUT2D eigenvalue weighted by Gasteiger charge is 2.26. The molecule has 3 nitrogen and oxygen atoms in total. The highest BCUT2D eigenvalue weighted by atomic mass is 127. The van der Waals surface area contributed by atoms with Gasteiger partial charge in [-0.2, -0.15) is 0 Å². The van der Waals surface area contributed by atoms with E-state index in [1.807, 2.05) is 0 Å². The van der Waals surface area contributed by atoms with Crippen molar-refractivity contribution in [2.45, 2.75) is 32.0 Å². The number of aliphatic hydroxyl groups is 1. The average Bonchev–Trinajstić information content (AvgIpc) is 2.42. The van der Waals surface area contributed by atoms with Crippen LogP contribution in [-0.4, -0.2) is 48.5 Å². The molecule has 106 valence electrons. The summed E-state index contributed by atoms with van der Waals surface area (Å²) < 4.78 is 6.94. The van der Waals surface area contributed by atoms with E-state index in [0.717, 1.165) is 32.7 Å². The highest BCUT2D eigenvalue weighted by molar-refractivity contribution is 14.1. The minimum absolute atomic E-state index is 0.0559. The number of hydrogen-bond donors (Lipinski definition) is 1. The largest absolute Gasteiger partial charge is 0.390 e. The number of rotatable bonds is 5. The predicted octanol–water partition coefficient (Wildman–Crippen LogP) is 2.31. The van der Waals surface area contributed by atoms with Crippen molar-refractivity contribution >= 4 is 22.6 Å². The van der Waals surface area contributed by atoms with E-state index in [-0.39, 0.29) is 6.10 Å². The Bertz CT molecular complexity index is 380. The second-order valence-corrected chi connectivity index (χ2v) is 6.35. The summed E-state index contributed by atoms with van der Waals surface area (Å²) in [7, 11) is 0. The van der Waals surface area contributed by atoms with Crippen molar-refractivity contribution in [2.75, 3.05) is 26.2 Å². The molecule has 1 N–H and O–H groups in total. The molecule has 4 heteroatoms. The third kappa shape index (κ3) is 4.70. The quantitative estimate of drug-likeness (QED) is 0.802. The van der Waals surface area contributed by atoms with Gasteiger partial charge in [-0.25, -0.2) is 0 Å². The maximum atomic E-state index is 10.3. The molecule has 0 spiro atoms. The van der Waals surface area contributed by atoms with Crippen molar-refractivity contribution in [2.24, 2.45) is 0 Å². The van der Waals surface area contributed by atoms with Crippen molar-refractivity contribution in [1.29, 1.82) is 0 Å². The van der Waals surface area contributed by atoms with Crippen LogP contribution in [0.2, 0.25) is 0 Å². The standard InChI is InChI=1S/C15H22INO2/c1-2-7-17-8-9-19-15(11-17)14(18)10-12-3-5-13(16)6-4-12/h3-6,14-15,18H,2,7-11H2,1H3. The minimum Gasteiger partial charge on any atom is -0.390 e. The van der Waals surface area contributed by atoms with Crippen LogP contribution < -0.4 is 0 Å². The first-order valence-corrected chi connectivity index (χ1v) is 8.03. The Morgan fingerprint density at radius 1 is 1.42 bits per heavy atom. The fraction of sp³-hybridized carbons (Fsp3) is 0.600.